The summed E-state index contributed by atoms with van der Waals surface area (Å²) in [4.78, 5) is 15.6. The zero-order valence-electron chi connectivity index (χ0n) is 16.8. The predicted octanol–water partition coefficient (Wildman–Crippen LogP) is 1.69. The Labute approximate surface area is 177 Å². The van der Waals surface area contributed by atoms with Crippen molar-refractivity contribution in [2.75, 3.05) is 13.1 Å². The average Bonchev–Trinajstić information content (AvgIpc) is 3.12. The van der Waals surface area contributed by atoms with E-state index >= 15 is 0 Å². The molecule has 1 amide bonds. The summed E-state index contributed by atoms with van der Waals surface area (Å²) in [6.07, 6.45) is -0.904. The van der Waals surface area contributed by atoms with E-state index in [2.05, 4.69) is 15.0 Å². The van der Waals surface area contributed by atoms with Gasteiger partial charge in [0.2, 0.25) is 21.5 Å². The second-order valence-corrected chi connectivity index (χ2v) is 8.43. The molecule has 3 N–H and O–H groups in total. The van der Waals surface area contributed by atoms with Gasteiger partial charge >= 0.3 is 6.18 Å². The summed E-state index contributed by atoms with van der Waals surface area (Å²) in [5.41, 5.74) is -2.69. The lowest BCUT2D eigenvalue weighted by Crippen LogP contribution is -2.46. The van der Waals surface area contributed by atoms with Crippen LogP contribution in [0.2, 0.25) is 0 Å². The normalized spacial score (nSPS) is 14.5. The van der Waals surface area contributed by atoms with Gasteiger partial charge in [-0.15, -0.1) is 0 Å². The topological polar surface area (TPSA) is 113 Å². The van der Waals surface area contributed by atoms with Gasteiger partial charge in [0.25, 0.3) is 0 Å². The smallest absolute Gasteiger partial charge is 0.374 e. The summed E-state index contributed by atoms with van der Waals surface area (Å²) in [5.74, 6) is -1.24. The summed E-state index contributed by atoms with van der Waals surface area (Å²) in [7, 11) is -2.27. The maximum absolute atomic E-state index is 13.4. The van der Waals surface area contributed by atoms with Crippen LogP contribution in [0.4, 0.5) is 13.2 Å². The molecular formula is C19H23F3N4O4S. The van der Waals surface area contributed by atoms with Crippen molar-refractivity contribution in [3.8, 4) is 0 Å². The molecule has 1 unspecified atom stereocenters. The van der Waals surface area contributed by atoms with Crippen molar-refractivity contribution >= 4 is 22.0 Å². The number of benzene rings is 1. The number of halogens is 3. The van der Waals surface area contributed by atoms with Crippen LogP contribution in [0.3, 0.4) is 0 Å². The fraction of sp³-hybridized carbons (Fsp3) is 0.368. The van der Waals surface area contributed by atoms with Gasteiger partial charge < -0.3 is 15.0 Å². The minimum absolute atomic E-state index is 0.0664. The number of nitrogens with zero attached hydrogens (tertiary/aromatic N) is 2. The van der Waals surface area contributed by atoms with E-state index in [0.29, 0.717) is 5.56 Å². The maximum Gasteiger partial charge on any atom is 0.424 e. The van der Waals surface area contributed by atoms with Gasteiger partial charge in [0.05, 0.1) is 4.90 Å². The summed E-state index contributed by atoms with van der Waals surface area (Å²) < 4.78 is 67.5. The molecule has 0 saturated heterocycles. The first-order chi connectivity index (χ1) is 14.4. The summed E-state index contributed by atoms with van der Waals surface area (Å²) in [6.45, 7) is 1.44. The number of imidazole rings is 1. The Kier molecular flexibility index (Phi) is 7.63. The predicted molar refractivity (Wildman–Crippen MR) is 107 cm³/mol. The van der Waals surface area contributed by atoms with Gasteiger partial charge in [-0.25, -0.2) is 18.1 Å². The SMILES string of the molecule is CCNS(=O)(=O)c1ccc(/C=C/C(=O)NCCC(O)(c2nccn2C)C(F)(F)F)cc1. The van der Waals surface area contributed by atoms with Crippen LogP contribution in [-0.2, 0) is 27.5 Å². The molecule has 2 aromatic rings. The van der Waals surface area contributed by atoms with E-state index in [-0.39, 0.29) is 11.4 Å². The van der Waals surface area contributed by atoms with Gasteiger partial charge in [-0.2, -0.15) is 13.2 Å². The Morgan fingerprint density at radius 3 is 2.42 bits per heavy atom. The number of rotatable bonds is 9. The highest BCUT2D eigenvalue weighted by atomic mass is 32.2. The van der Waals surface area contributed by atoms with Crippen molar-refractivity contribution in [3.05, 3.63) is 54.1 Å². The monoisotopic (exact) mass is 460 g/mol. The highest BCUT2D eigenvalue weighted by Gasteiger charge is 2.57. The van der Waals surface area contributed by atoms with Gasteiger partial charge in [-0.3, -0.25) is 4.79 Å². The first-order valence-corrected chi connectivity index (χ1v) is 10.7. The average molecular weight is 460 g/mol. The molecule has 1 heterocycles. The second-order valence-electron chi connectivity index (χ2n) is 6.66. The Morgan fingerprint density at radius 2 is 1.90 bits per heavy atom. The minimum Gasteiger partial charge on any atom is -0.374 e. The lowest BCUT2D eigenvalue weighted by molar-refractivity contribution is -0.272. The molecule has 2 rings (SSSR count). The number of sulfonamides is 1. The van der Waals surface area contributed by atoms with Crippen molar-refractivity contribution < 1.29 is 31.5 Å². The van der Waals surface area contributed by atoms with Crippen LogP contribution in [0, 0.1) is 0 Å². The number of aromatic nitrogens is 2. The maximum atomic E-state index is 13.4. The molecule has 0 saturated carbocycles. The van der Waals surface area contributed by atoms with Crippen LogP contribution >= 0.6 is 0 Å². The number of aliphatic hydroxyl groups is 1. The molecule has 31 heavy (non-hydrogen) atoms. The van der Waals surface area contributed by atoms with Crippen molar-refractivity contribution in [1.82, 2.24) is 19.6 Å². The Hall–Kier alpha value is -2.70. The van der Waals surface area contributed by atoms with Crippen LogP contribution in [0.5, 0.6) is 0 Å². The van der Waals surface area contributed by atoms with Crippen molar-refractivity contribution in [1.29, 1.82) is 0 Å². The quantitative estimate of drug-likeness (QED) is 0.493. The summed E-state index contributed by atoms with van der Waals surface area (Å²) in [6, 6.07) is 5.70. The number of alkyl halides is 3. The van der Waals surface area contributed by atoms with Gasteiger partial charge in [0.1, 0.15) is 5.82 Å². The van der Waals surface area contributed by atoms with Crippen LogP contribution in [0.1, 0.15) is 24.7 Å². The summed E-state index contributed by atoms with van der Waals surface area (Å²) in [5, 5.41) is 12.5. The van der Waals surface area contributed by atoms with E-state index in [4.69, 9.17) is 0 Å². The number of hydrogen-bond acceptors (Lipinski definition) is 5. The van der Waals surface area contributed by atoms with Gasteiger partial charge in [0.15, 0.2) is 0 Å². The number of hydrogen-bond donors (Lipinski definition) is 3. The van der Waals surface area contributed by atoms with E-state index in [1.807, 2.05) is 0 Å². The van der Waals surface area contributed by atoms with E-state index in [1.54, 1.807) is 6.92 Å². The fourth-order valence-corrected chi connectivity index (χ4v) is 3.81. The van der Waals surface area contributed by atoms with E-state index < -0.39 is 46.5 Å². The van der Waals surface area contributed by atoms with E-state index in [1.165, 1.54) is 43.6 Å². The standard InChI is InChI=1S/C19H23F3N4O4S/c1-3-25-31(29,30)15-7-4-14(5-8-15)6-9-16(27)23-11-10-18(28,19(20,21)22)17-24-12-13-26(17)2/h4-9,12-13,25,28H,3,10-11H2,1-2H3,(H,23,27)/b9-6+. The second kappa shape index (κ2) is 9.62. The van der Waals surface area contributed by atoms with Gasteiger partial charge in [-0.1, -0.05) is 19.1 Å². The number of amides is 1. The largest absolute Gasteiger partial charge is 0.424 e. The molecule has 0 spiro atoms. The first-order valence-electron chi connectivity index (χ1n) is 9.23. The molecule has 0 aliphatic heterocycles. The van der Waals surface area contributed by atoms with Crippen LogP contribution in [-0.4, -0.2) is 48.2 Å². The lowest BCUT2D eigenvalue weighted by Gasteiger charge is -2.29. The number of carbonyl (C=O) groups excluding carboxylic acids is 1. The van der Waals surface area contributed by atoms with Crippen LogP contribution in [0.25, 0.3) is 6.08 Å². The highest BCUT2D eigenvalue weighted by molar-refractivity contribution is 7.89. The number of aryl methyl sites for hydroxylation is 1. The molecule has 1 aromatic carbocycles. The molecule has 0 aliphatic rings. The van der Waals surface area contributed by atoms with Gasteiger partial charge in [-0.05, 0) is 23.8 Å². The molecule has 0 fully saturated rings. The summed E-state index contributed by atoms with van der Waals surface area (Å²) >= 11 is 0. The molecule has 0 aliphatic carbocycles. The molecule has 0 radical (unpaired) electrons. The first kappa shape index (κ1) is 24.6. The lowest BCUT2D eigenvalue weighted by atomic mass is 9.97. The van der Waals surface area contributed by atoms with Crippen molar-refractivity contribution in [2.24, 2.45) is 7.05 Å². The number of carbonyl (C=O) groups is 1. The molecule has 0 bridgehead atoms. The molecular weight excluding hydrogens is 437 g/mol. The fourth-order valence-electron chi connectivity index (χ4n) is 2.77. The highest BCUT2D eigenvalue weighted by Crippen LogP contribution is 2.40. The van der Waals surface area contributed by atoms with Crippen molar-refractivity contribution in [2.45, 2.75) is 30.0 Å². The third-order valence-electron chi connectivity index (χ3n) is 4.40. The minimum atomic E-state index is -4.98. The van der Waals surface area contributed by atoms with Crippen molar-refractivity contribution in [3.63, 3.8) is 0 Å². The molecule has 170 valence electrons. The Morgan fingerprint density at radius 1 is 1.26 bits per heavy atom. The Balaban J connectivity index is 1.98. The van der Waals surface area contributed by atoms with E-state index in [9.17, 15) is 31.5 Å². The number of nitrogens with one attached hydrogen (secondary N) is 2. The molecule has 1 aromatic heterocycles. The van der Waals surface area contributed by atoms with Crippen LogP contribution in [0.15, 0.2) is 47.6 Å². The molecule has 8 nitrogen and oxygen atoms in total. The van der Waals surface area contributed by atoms with Gasteiger partial charge in [0, 0.05) is 45.0 Å². The molecule has 1 atom stereocenters. The molecule has 12 heteroatoms. The Bertz CT molecular complexity index is 1030. The van der Waals surface area contributed by atoms with E-state index in [0.717, 1.165) is 16.8 Å². The third kappa shape index (κ3) is 5.93. The van der Waals surface area contributed by atoms with Crippen LogP contribution < -0.4 is 10.0 Å². The third-order valence-corrected chi connectivity index (χ3v) is 5.96. The zero-order chi connectivity index (χ0) is 23.3. The zero-order valence-corrected chi connectivity index (χ0v) is 17.7.